The molecule has 0 aliphatic heterocycles. The fraction of sp³-hybridized carbons (Fsp3) is 0.579. The highest BCUT2D eigenvalue weighted by Gasteiger charge is 2.28. The summed E-state index contributed by atoms with van der Waals surface area (Å²) in [7, 11) is 0. The summed E-state index contributed by atoms with van der Waals surface area (Å²) in [5.74, 6) is 0.829. The lowest BCUT2D eigenvalue weighted by Crippen LogP contribution is -2.41. The molecule has 130 valence electrons. The van der Waals surface area contributed by atoms with Crippen LogP contribution in [0, 0.1) is 6.92 Å². The Balaban J connectivity index is 1.67. The lowest BCUT2D eigenvalue weighted by Gasteiger charge is -2.28. The number of aromatic nitrogens is 3. The summed E-state index contributed by atoms with van der Waals surface area (Å²) in [6, 6.07) is 5.97. The average molecular weight is 328 g/mol. The molecule has 3 rings (SSSR count). The van der Waals surface area contributed by atoms with Gasteiger partial charge in [-0.15, -0.1) is 0 Å². The van der Waals surface area contributed by atoms with Gasteiger partial charge in [-0.1, -0.05) is 31.7 Å². The highest BCUT2D eigenvalue weighted by molar-refractivity contribution is 5.29. The Morgan fingerprint density at radius 1 is 1.25 bits per heavy atom. The molecule has 2 heterocycles. The van der Waals surface area contributed by atoms with E-state index in [2.05, 4.69) is 29.2 Å². The van der Waals surface area contributed by atoms with Crippen LogP contribution in [0.3, 0.4) is 0 Å². The molecule has 0 spiro atoms. The van der Waals surface area contributed by atoms with Gasteiger partial charge in [-0.2, -0.15) is 5.10 Å². The molecule has 0 aromatic carbocycles. The highest BCUT2D eigenvalue weighted by atomic mass is 16.3. The molecule has 1 unspecified atom stereocenters. The van der Waals surface area contributed by atoms with Crippen LogP contribution in [0.4, 0.5) is 0 Å². The lowest BCUT2D eigenvalue weighted by molar-refractivity contribution is 0.0231. The van der Waals surface area contributed by atoms with Crippen LogP contribution in [0.1, 0.15) is 62.7 Å². The van der Waals surface area contributed by atoms with Crippen molar-refractivity contribution in [3.8, 4) is 5.82 Å². The van der Waals surface area contributed by atoms with E-state index in [1.54, 1.807) is 6.20 Å². The Kier molecular flexibility index (Phi) is 5.31. The molecule has 2 aromatic heterocycles. The second kappa shape index (κ2) is 7.45. The van der Waals surface area contributed by atoms with E-state index in [4.69, 9.17) is 0 Å². The second-order valence-corrected chi connectivity index (χ2v) is 7.03. The summed E-state index contributed by atoms with van der Waals surface area (Å²) in [4.78, 5) is 4.36. The summed E-state index contributed by atoms with van der Waals surface area (Å²) >= 11 is 0. The van der Waals surface area contributed by atoms with E-state index in [9.17, 15) is 5.11 Å². The quantitative estimate of drug-likeness (QED) is 0.827. The summed E-state index contributed by atoms with van der Waals surface area (Å²) in [6.45, 7) is 4.84. The van der Waals surface area contributed by atoms with Crippen molar-refractivity contribution in [1.29, 1.82) is 0 Å². The first-order valence-corrected chi connectivity index (χ1v) is 9.01. The molecule has 1 aliphatic carbocycles. The first kappa shape index (κ1) is 17.1. The van der Waals surface area contributed by atoms with Crippen molar-refractivity contribution in [3.05, 3.63) is 41.9 Å². The minimum absolute atomic E-state index is 0.148. The van der Waals surface area contributed by atoms with Gasteiger partial charge in [-0.3, -0.25) is 0 Å². The number of nitrogens with one attached hydrogen (secondary N) is 1. The van der Waals surface area contributed by atoms with Gasteiger partial charge < -0.3 is 10.4 Å². The number of pyridine rings is 1. The van der Waals surface area contributed by atoms with Crippen molar-refractivity contribution in [2.24, 2.45) is 0 Å². The first-order valence-electron chi connectivity index (χ1n) is 9.01. The van der Waals surface area contributed by atoms with Crippen molar-refractivity contribution in [2.75, 3.05) is 6.54 Å². The molecule has 2 N–H and O–H groups in total. The van der Waals surface area contributed by atoms with Gasteiger partial charge in [-0.25, -0.2) is 9.67 Å². The van der Waals surface area contributed by atoms with E-state index < -0.39 is 5.60 Å². The van der Waals surface area contributed by atoms with E-state index in [0.29, 0.717) is 6.54 Å². The molecule has 1 saturated carbocycles. The molecular weight excluding hydrogens is 300 g/mol. The second-order valence-electron chi connectivity index (χ2n) is 7.03. The number of aliphatic hydroxyl groups is 1. The third-order valence-electron chi connectivity index (χ3n) is 5.15. The third kappa shape index (κ3) is 3.84. The predicted molar refractivity (Wildman–Crippen MR) is 95.2 cm³/mol. The maximum Gasteiger partial charge on any atom is 0.153 e. The molecule has 5 nitrogen and oxygen atoms in total. The zero-order valence-corrected chi connectivity index (χ0v) is 14.7. The largest absolute Gasteiger partial charge is 0.389 e. The van der Waals surface area contributed by atoms with Crippen molar-refractivity contribution >= 4 is 0 Å². The molecule has 5 heteroatoms. The summed E-state index contributed by atoms with van der Waals surface area (Å²) in [5, 5.41) is 18.8. The van der Waals surface area contributed by atoms with Gasteiger partial charge in [0.1, 0.15) is 0 Å². The SMILES string of the molecule is Cc1c(C(C)NCC2(O)CCCCCC2)cnn1-c1ccccn1. The van der Waals surface area contributed by atoms with Crippen LogP contribution in [-0.2, 0) is 0 Å². The van der Waals surface area contributed by atoms with Crippen LogP contribution in [-0.4, -0.2) is 32.0 Å². The smallest absolute Gasteiger partial charge is 0.153 e. The van der Waals surface area contributed by atoms with Gasteiger partial charge in [0.2, 0.25) is 0 Å². The zero-order valence-electron chi connectivity index (χ0n) is 14.7. The minimum Gasteiger partial charge on any atom is -0.389 e. The molecular formula is C19H28N4O. The number of hydrogen-bond donors (Lipinski definition) is 2. The lowest BCUT2D eigenvalue weighted by atomic mass is 9.94. The first-order chi connectivity index (χ1) is 11.6. The monoisotopic (exact) mass is 328 g/mol. The minimum atomic E-state index is -0.560. The van der Waals surface area contributed by atoms with Crippen LogP contribution in [0.5, 0.6) is 0 Å². The molecule has 0 saturated heterocycles. The number of hydrogen-bond acceptors (Lipinski definition) is 4. The topological polar surface area (TPSA) is 63.0 Å². The van der Waals surface area contributed by atoms with Crippen LogP contribution in [0.15, 0.2) is 30.6 Å². The van der Waals surface area contributed by atoms with Gasteiger partial charge in [0.25, 0.3) is 0 Å². The Labute approximate surface area is 144 Å². The molecule has 0 radical (unpaired) electrons. The Bertz CT molecular complexity index is 645. The Morgan fingerprint density at radius 2 is 2.00 bits per heavy atom. The van der Waals surface area contributed by atoms with E-state index in [1.165, 1.54) is 12.8 Å². The van der Waals surface area contributed by atoms with E-state index in [0.717, 1.165) is 42.8 Å². The fourth-order valence-corrected chi connectivity index (χ4v) is 3.57. The van der Waals surface area contributed by atoms with Crippen LogP contribution in [0.25, 0.3) is 5.82 Å². The maximum atomic E-state index is 10.8. The normalized spacial score (nSPS) is 19.0. The van der Waals surface area contributed by atoms with Gasteiger partial charge in [-0.05, 0) is 38.8 Å². The number of nitrogens with zero attached hydrogens (tertiary/aromatic N) is 3. The molecule has 24 heavy (non-hydrogen) atoms. The predicted octanol–water partition coefficient (Wildman–Crippen LogP) is 3.31. The fourth-order valence-electron chi connectivity index (χ4n) is 3.57. The Hall–Kier alpha value is -1.72. The Morgan fingerprint density at radius 3 is 2.67 bits per heavy atom. The van der Waals surface area contributed by atoms with Crippen molar-refractivity contribution in [3.63, 3.8) is 0 Å². The van der Waals surface area contributed by atoms with Crippen LogP contribution < -0.4 is 5.32 Å². The molecule has 2 aromatic rings. The van der Waals surface area contributed by atoms with Crippen LogP contribution in [0.2, 0.25) is 0 Å². The van der Waals surface area contributed by atoms with E-state index in [1.807, 2.05) is 29.1 Å². The molecule has 1 aliphatic rings. The molecule has 1 fully saturated rings. The maximum absolute atomic E-state index is 10.8. The average Bonchev–Trinajstić information content (AvgIpc) is 2.84. The highest BCUT2D eigenvalue weighted by Crippen LogP contribution is 2.27. The van der Waals surface area contributed by atoms with Crippen molar-refractivity contribution < 1.29 is 5.11 Å². The third-order valence-corrected chi connectivity index (χ3v) is 5.15. The standard InChI is InChI=1S/C19H28N4O/c1-15(21-14-19(24)10-6-3-4-7-11-19)17-13-22-23(16(17)2)18-9-5-8-12-20-18/h5,8-9,12-13,15,21,24H,3-4,6-7,10-11,14H2,1-2H3. The van der Waals surface area contributed by atoms with Gasteiger partial charge in [0.15, 0.2) is 5.82 Å². The molecule has 0 bridgehead atoms. The number of rotatable bonds is 5. The van der Waals surface area contributed by atoms with Crippen molar-refractivity contribution in [2.45, 2.75) is 64.0 Å². The summed E-state index contributed by atoms with van der Waals surface area (Å²) < 4.78 is 1.87. The van der Waals surface area contributed by atoms with Crippen LogP contribution >= 0.6 is 0 Å². The summed E-state index contributed by atoms with van der Waals surface area (Å²) in [5.41, 5.74) is 1.68. The van der Waals surface area contributed by atoms with Gasteiger partial charge >= 0.3 is 0 Å². The van der Waals surface area contributed by atoms with Gasteiger partial charge in [0.05, 0.1) is 11.8 Å². The molecule has 0 amide bonds. The molecule has 1 atom stereocenters. The van der Waals surface area contributed by atoms with Gasteiger partial charge in [0, 0.05) is 30.0 Å². The summed E-state index contributed by atoms with van der Waals surface area (Å²) in [6.07, 6.45) is 10.2. The van der Waals surface area contributed by atoms with Crippen molar-refractivity contribution in [1.82, 2.24) is 20.1 Å². The zero-order chi connectivity index (χ0) is 17.0. The van der Waals surface area contributed by atoms with E-state index >= 15 is 0 Å². The van der Waals surface area contributed by atoms with E-state index in [-0.39, 0.29) is 6.04 Å².